The number of ether oxygens (including phenoxy) is 1. The fourth-order valence-corrected chi connectivity index (χ4v) is 7.13. The SMILES string of the molecule is COC(=O)C(Cc1cc(Br)cc(Br)c1)NC(=O)c1ccc(S(=O)(=O)N2CCCc3ccccc32)cc1. The molecule has 10 heteroatoms. The van der Waals surface area contributed by atoms with Crippen LogP contribution in [0.3, 0.4) is 0 Å². The largest absolute Gasteiger partial charge is 0.467 e. The Morgan fingerprint density at radius 3 is 2.36 bits per heavy atom. The minimum absolute atomic E-state index is 0.0965. The molecule has 1 atom stereocenters. The number of nitrogens with one attached hydrogen (secondary N) is 1. The molecule has 3 aromatic rings. The van der Waals surface area contributed by atoms with Crippen molar-refractivity contribution >= 4 is 59.4 Å². The monoisotopic (exact) mass is 634 g/mol. The minimum Gasteiger partial charge on any atom is -0.467 e. The van der Waals surface area contributed by atoms with E-state index in [0.717, 1.165) is 32.9 Å². The number of methoxy groups -OCH3 is 1. The van der Waals surface area contributed by atoms with Crippen LogP contribution in [0.1, 0.15) is 27.9 Å². The summed E-state index contributed by atoms with van der Waals surface area (Å²) in [7, 11) is -2.53. The maximum atomic E-state index is 13.4. The summed E-state index contributed by atoms with van der Waals surface area (Å²) in [4.78, 5) is 25.4. The average Bonchev–Trinajstić information content (AvgIpc) is 2.87. The van der Waals surface area contributed by atoms with Crippen LogP contribution in [0, 0.1) is 0 Å². The van der Waals surface area contributed by atoms with E-state index in [1.165, 1.54) is 35.7 Å². The zero-order valence-electron chi connectivity index (χ0n) is 19.4. The number of para-hydroxylation sites is 1. The summed E-state index contributed by atoms with van der Waals surface area (Å²) in [6.45, 7) is 0.397. The normalized spacial score (nSPS) is 14.0. The average molecular weight is 636 g/mol. The van der Waals surface area contributed by atoms with Gasteiger partial charge in [-0.3, -0.25) is 9.10 Å². The van der Waals surface area contributed by atoms with Gasteiger partial charge in [0.2, 0.25) is 0 Å². The van der Waals surface area contributed by atoms with Gasteiger partial charge in [0, 0.05) is 27.5 Å². The summed E-state index contributed by atoms with van der Waals surface area (Å²) >= 11 is 6.84. The highest BCUT2D eigenvalue weighted by Crippen LogP contribution is 2.31. The van der Waals surface area contributed by atoms with Gasteiger partial charge < -0.3 is 10.1 Å². The van der Waals surface area contributed by atoms with Crippen molar-refractivity contribution in [3.05, 3.63) is 92.4 Å². The van der Waals surface area contributed by atoms with Crippen LogP contribution < -0.4 is 9.62 Å². The molecule has 0 bridgehead atoms. The molecule has 7 nitrogen and oxygen atoms in total. The van der Waals surface area contributed by atoms with Gasteiger partial charge in [-0.1, -0.05) is 50.1 Å². The van der Waals surface area contributed by atoms with E-state index in [0.29, 0.717) is 12.2 Å². The minimum atomic E-state index is -3.79. The highest BCUT2D eigenvalue weighted by Gasteiger charge is 2.29. The van der Waals surface area contributed by atoms with E-state index in [2.05, 4.69) is 37.2 Å². The third kappa shape index (κ3) is 5.82. The number of fused-ring (bicyclic) bond motifs is 1. The fraction of sp³-hybridized carbons (Fsp3) is 0.231. The number of nitrogens with zero attached hydrogens (tertiary/aromatic N) is 1. The Bertz CT molecular complexity index is 1370. The summed E-state index contributed by atoms with van der Waals surface area (Å²) in [5, 5.41) is 2.70. The predicted octanol–water partition coefficient (Wildman–Crippen LogP) is 4.87. The van der Waals surface area contributed by atoms with Crippen LogP contribution in [-0.2, 0) is 32.4 Å². The molecule has 36 heavy (non-hydrogen) atoms. The molecule has 1 aliphatic rings. The fourth-order valence-electron chi connectivity index (χ4n) is 4.20. The molecule has 0 saturated heterocycles. The second kappa shape index (κ2) is 11.1. The molecular formula is C26H24Br2N2O5S. The van der Waals surface area contributed by atoms with Crippen LogP contribution >= 0.6 is 31.9 Å². The van der Waals surface area contributed by atoms with Gasteiger partial charge in [0.25, 0.3) is 15.9 Å². The number of anilines is 1. The lowest BCUT2D eigenvalue weighted by Gasteiger charge is -2.30. The number of hydrogen-bond donors (Lipinski definition) is 1. The van der Waals surface area contributed by atoms with Gasteiger partial charge in [-0.15, -0.1) is 0 Å². The lowest BCUT2D eigenvalue weighted by molar-refractivity contribution is -0.142. The summed E-state index contributed by atoms with van der Waals surface area (Å²) in [5.41, 5.74) is 2.73. The molecule has 0 spiro atoms. The third-order valence-corrected chi connectivity index (χ3v) is 8.67. The van der Waals surface area contributed by atoms with Gasteiger partial charge in [-0.2, -0.15) is 0 Å². The molecule has 1 amide bonds. The molecule has 0 aromatic heterocycles. The van der Waals surface area contributed by atoms with Gasteiger partial charge in [-0.25, -0.2) is 13.2 Å². The van der Waals surface area contributed by atoms with Crippen molar-refractivity contribution in [2.75, 3.05) is 18.0 Å². The van der Waals surface area contributed by atoms with Gasteiger partial charge in [0.05, 0.1) is 17.7 Å². The van der Waals surface area contributed by atoms with Gasteiger partial charge in [0.15, 0.2) is 0 Å². The van der Waals surface area contributed by atoms with Crippen LogP contribution in [0.5, 0.6) is 0 Å². The van der Waals surface area contributed by atoms with E-state index >= 15 is 0 Å². The number of aryl methyl sites for hydroxylation is 1. The Labute approximate surface area is 227 Å². The Morgan fingerprint density at radius 2 is 1.69 bits per heavy atom. The zero-order valence-corrected chi connectivity index (χ0v) is 23.4. The van der Waals surface area contributed by atoms with Crippen molar-refractivity contribution in [3.63, 3.8) is 0 Å². The standard InChI is InChI=1S/C26H24Br2N2O5S/c1-35-26(32)23(15-17-13-20(27)16-21(28)14-17)29-25(31)19-8-10-22(11-9-19)36(33,34)30-12-4-6-18-5-2-3-7-24(18)30/h2-3,5,7-11,13-14,16,23H,4,6,12,15H2,1H3,(H,29,31). The summed E-state index contributed by atoms with van der Waals surface area (Å²) < 4.78 is 34.7. The zero-order chi connectivity index (χ0) is 25.9. The van der Waals surface area contributed by atoms with Crippen LogP contribution in [0.25, 0.3) is 0 Å². The molecular weight excluding hydrogens is 612 g/mol. The first-order valence-corrected chi connectivity index (χ1v) is 14.3. The van der Waals surface area contributed by atoms with Crippen LogP contribution in [0.4, 0.5) is 5.69 Å². The molecule has 3 aromatic carbocycles. The molecule has 0 radical (unpaired) electrons. The lowest BCUT2D eigenvalue weighted by Crippen LogP contribution is -2.43. The van der Waals surface area contributed by atoms with Crippen LogP contribution in [0.15, 0.2) is 80.6 Å². The molecule has 0 saturated carbocycles. The van der Waals surface area contributed by atoms with E-state index in [-0.39, 0.29) is 16.9 Å². The second-order valence-corrected chi connectivity index (χ2v) is 12.1. The predicted molar refractivity (Wildman–Crippen MR) is 145 cm³/mol. The number of amides is 1. The number of sulfonamides is 1. The maximum Gasteiger partial charge on any atom is 0.328 e. The summed E-state index contributed by atoms with van der Waals surface area (Å²) in [5.74, 6) is -1.09. The molecule has 1 N–H and O–H groups in total. The highest BCUT2D eigenvalue weighted by atomic mass is 79.9. The molecule has 1 heterocycles. The first-order valence-electron chi connectivity index (χ1n) is 11.2. The van der Waals surface area contributed by atoms with Gasteiger partial charge in [-0.05, 0) is 72.5 Å². The van der Waals surface area contributed by atoms with Crippen molar-refractivity contribution in [1.29, 1.82) is 0 Å². The van der Waals surface area contributed by atoms with E-state index in [1.807, 2.05) is 42.5 Å². The Hall–Kier alpha value is -2.69. The first-order chi connectivity index (χ1) is 17.2. The quantitative estimate of drug-likeness (QED) is 0.374. The maximum absolute atomic E-state index is 13.4. The summed E-state index contributed by atoms with van der Waals surface area (Å²) in [6, 6.07) is 17.9. The number of carbonyl (C=O) groups is 2. The molecule has 188 valence electrons. The van der Waals surface area contributed by atoms with Crippen molar-refractivity contribution in [2.45, 2.75) is 30.2 Å². The molecule has 1 unspecified atom stereocenters. The Balaban J connectivity index is 1.52. The summed E-state index contributed by atoms with van der Waals surface area (Å²) in [6.07, 6.45) is 1.79. The molecule has 4 rings (SSSR count). The third-order valence-electron chi connectivity index (χ3n) is 5.93. The Kier molecular flexibility index (Phi) is 8.17. The van der Waals surface area contributed by atoms with Crippen molar-refractivity contribution in [2.24, 2.45) is 0 Å². The first kappa shape index (κ1) is 26.4. The van der Waals surface area contributed by atoms with Crippen LogP contribution in [0.2, 0.25) is 0 Å². The second-order valence-electron chi connectivity index (χ2n) is 8.36. The van der Waals surface area contributed by atoms with Gasteiger partial charge in [0.1, 0.15) is 6.04 Å². The van der Waals surface area contributed by atoms with E-state index in [4.69, 9.17) is 4.74 Å². The van der Waals surface area contributed by atoms with E-state index in [9.17, 15) is 18.0 Å². The highest BCUT2D eigenvalue weighted by molar-refractivity contribution is 9.11. The number of rotatable bonds is 7. The van der Waals surface area contributed by atoms with E-state index in [1.54, 1.807) is 0 Å². The lowest BCUT2D eigenvalue weighted by atomic mass is 10.0. The number of carbonyl (C=O) groups excluding carboxylic acids is 2. The molecule has 1 aliphatic heterocycles. The topological polar surface area (TPSA) is 92.8 Å². The van der Waals surface area contributed by atoms with Crippen molar-refractivity contribution in [1.82, 2.24) is 5.32 Å². The van der Waals surface area contributed by atoms with Crippen LogP contribution in [-0.4, -0.2) is 40.0 Å². The number of hydrogen-bond acceptors (Lipinski definition) is 5. The van der Waals surface area contributed by atoms with E-state index < -0.39 is 27.9 Å². The molecule has 0 aliphatic carbocycles. The number of esters is 1. The number of benzene rings is 3. The Morgan fingerprint density at radius 1 is 1.03 bits per heavy atom. The van der Waals surface area contributed by atoms with Gasteiger partial charge >= 0.3 is 5.97 Å². The van der Waals surface area contributed by atoms with Crippen molar-refractivity contribution in [3.8, 4) is 0 Å². The van der Waals surface area contributed by atoms with Crippen molar-refractivity contribution < 1.29 is 22.7 Å². The smallest absolute Gasteiger partial charge is 0.328 e. The number of halogens is 2. The molecule has 0 fully saturated rings.